The van der Waals surface area contributed by atoms with Crippen LogP contribution in [0.3, 0.4) is 0 Å². The molecular weight excluding hydrogens is 422 g/mol. The van der Waals surface area contributed by atoms with Crippen LogP contribution in [0.15, 0.2) is 18.5 Å². The lowest BCUT2D eigenvalue weighted by atomic mass is 9.98. The molecular formula is C21H24ClN5O2S. The quantitative estimate of drug-likeness (QED) is 0.672. The van der Waals surface area contributed by atoms with Gasteiger partial charge in [0.05, 0.1) is 16.6 Å². The molecule has 0 N–H and O–H groups in total. The van der Waals surface area contributed by atoms with E-state index in [1.807, 2.05) is 6.07 Å². The third-order valence-corrected chi connectivity index (χ3v) is 8.19. The zero-order chi connectivity index (χ0) is 21.0. The summed E-state index contributed by atoms with van der Waals surface area (Å²) in [4.78, 5) is 18.1. The Labute approximate surface area is 181 Å². The Bertz CT molecular complexity index is 1150. The van der Waals surface area contributed by atoms with E-state index in [-0.39, 0.29) is 11.3 Å². The molecule has 5 rings (SSSR count). The molecule has 2 atom stereocenters. The lowest BCUT2D eigenvalue weighted by molar-refractivity contribution is 0.576. The molecule has 1 aliphatic carbocycles. The van der Waals surface area contributed by atoms with Crippen molar-refractivity contribution in [3.8, 4) is 0 Å². The van der Waals surface area contributed by atoms with Crippen LogP contribution in [0.4, 0.5) is 11.5 Å². The van der Waals surface area contributed by atoms with Crippen molar-refractivity contribution in [1.29, 1.82) is 0 Å². The largest absolute Gasteiger partial charge is 0.363 e. The second kappa shape index (κ2) is 7.20. The van der Waals surface area contributed by atoms with E-state index in [2.05, 4.69) is 43.8 Å². The third-order valence-electron chi connectivity index (χ3n) is 6.40. The summed E-state index contributed by atoms with van der Waals surface area (Å²) in [5.41, 5.74) is 5.34. The van der Waals surface area contributed by atoms with E-state index in [4.69, 9.17) is 11.6 Å². The van der Waals surface area contributed by atoms with Gasteiger partial charge in [0.2, 0.25) is 0 Å². The van der Waals surface area contributed by atoms with E-state index in [1.165, 1.54) is 6.26 Å². The molecule has 2 aromatic heterocycles. The van der Waals surface area contributed by atoms with Crippen LogP contribution in [0.1, 0.15) is 35.9 Å². The van der Waals surface area contributed by atoms with Crippen LogP contribution in [-0.4, -0.2) is 54.0 Å². The first-order chi connectivity index (χ1) is 14.3. The number of rotatable bonds is 3. The minimum absolute atomic E-state index is 0.249. The van der Waals surface area contributed by atoms with Crippen molar-refractivity contribution < 1.29 is 8.42 Å². The van der Waals surface area contributed by atoms with Crippen molar-refractivity contribution in [2.24, 2.45) is 0 Å². The summed E-state index contributed by atoms with van der Waals surface area (Å²) in [5.74, 6) is 0.857. The van der Waals surface area contributed by atoms with Crippen molar-refractivity contribution >= 4 is 39.0 Å². The van der Waals surface area contributed by atoms with Crippen molar-refractivity contribution in [1.82, 2.24) is 15.0 Å². The molecule has 2 aromatic rings. The number of pyridine rings is 1. The van der Waals surface area contributed by atoms with Crippen LogP contribution in [0.2, 0.25) is 5.15 Å². The summed E-state index contributed by atoms with van der Waals surface area (Å²) in [6.07, 6.45) is 9.40. The molecule has 0 amide bonds. The lowest BCUT2D eigenvalue weighted by Gasteiger charge is -2.38. The van der Waals surface area contributed by atoms with Crippen LogP contribution in [0.25, 0.3) is 6.08 Å². The maximum absolute atomic E-state index is 12.0. The van der Waals surface area contributed by atoms with Crippen LogP contribution < -0.4 is 9.80 Å². The van der Waals surface area contributed by atoms with Crippen molar-refractivity contribution in [2.45, 2.75) is 44.0 Å². The van der Waals surface area contributed by atoms with Gasteiger partial charge in [-0.1, -0.05) is 23.8 Å². The van der Waals surface area contributed by atoms with Crippen molar-refractivity contribution in [3.05, 3.63) is 46.1 Å². The summed E-state index contributed by atoms with van der Waals surface area (Å²) in [6.45, 7) is 4.03. The highest BCUT2D eigenvalue weighted by Crippen LogP contribution is 2.38. The maximum Gasteiger partial charge on any atom is 0.152 e. The monoisotopic (exact) mass is 445 g/mol. The zero-order valence-corrected chi connectivity index (χ0v) is 18.6. The first-order valence-corrected chi connectivity index (χ1v) is 12.5. The van der Waals surface area contributed by atoms with E-state index < -0.39 is 9.84 Å². The van der Waals surface area contributed by atoms with Gasteiger partial charge in [-0.2, -0.15) is 0 Å². The van der Waals surface area contributed by atoms with Crippen molar-refractivity contribution in [3.63, 3.8) is 0 Å². The molecule has 30 heavy (non-hydrogen) atoms. The van der Waals surface area contributed by atoms with Crippen LogP contribution in [-0.2, 0) is 29.2 Å². The molecule has 0 aromatic carbocycles. The highest BCUT2D eigenvalue weighted by Gasteiger charge is 2.35. The van der Waals surface area contributed by atoms with Gasteiger partial charge in [0.25, 0.3) is 0 Å². The number of halogens is 1. The van der Waals surface area contributed by atoms with Gasteiger partial charge in [-0.25, -0.2) is 23.4 Å². The van der Waals surface area contributed by atoms with Gasteiger partial charge >= 0.3 is 0 Å². The van der Waals surface area contributed by atoms with E-state index in [9.17, 15) is 8.42 Å². The van der Waals surface area contributed by atoms with Crippen LogP contribution >= 0.6 is 11.6 Å². The van der Waals surface area contributed by atoms with Gasteiger partial charge in [0.15, 0.2) is 9.84 Å². The van der Waals surface area contributed by atoms with E-state index >= 15 is 0 Å². The summed E-state index contributed by atoms with van der Waals surface area (Å²) in [7, 11) is -3.06. The second-order valence-electron chi connectivity index (χ2n) is 8.42. The minimum atomic E-state index is -3.06. The molecule has 4 heterocycles. The fourth-order valence-corrected chi connectivity index (χ4v) is 5.97. The number of hydrogen-bond donors (Lipinski definition) is 0. The first kappa shape index (κ1) is 19.8. The Kier molecular flexibility index (Phi) is 4.74. The zero-order valence-electron chi connectivity index (χ0n) is 17.0. The maximum atomic E-state index is 12.0. The van der Waals surface area contributed by atoms with Crippen LogP contribution in [0, 0.1) is 0 Å². The summed E-state index contributed by atoms with van der Waals surface area (Å²) in [5, 5.41) is 0.166. The lowest BCUT2D eigenvalue weighted by Crippen LogP contribution is -2.40. The summed E-state index contributed by atoms with van der Waals surface area (Å²) in [6, 6.07) is 2.19. The van der Waals surface area contributed by atoms with Gasteiger partial charge in [-0.05, 0) is 19.4 Å². The molecule has 7 nitrogen and oxygen atoms in total. The Balaban J connectivity index is 1.52. The Morgan fingerprint density at radius 1 is 1.23 bits per heavy atom. The fraction of sp³-hybridized carbons (Fsp3) is 0.476. The van der Waals surface area contributed by atoms with Crippen molar-refractivity contribution in [2.75, 3.05) is 29.1 Å². The van der Waals surface area contributed by atoms with E-state index in [0.29, 0.717) is 31.2 Å². The number of nitrogens with zero attached hydrogens (tertiary/aromatic N) is 5. The smallest absolute Gasteiger partial charge is 0.152 e. The molecule has 0 saturated carbocycles. The number of aromatic nitrogens is 3. The number of allylic oxidation sites excluding steroid dienone is 1. The topological polar surface area (TPSA) is 79.3 Å². The molecule has 0 unspecified atom stereocenters. The predicted molar refractivity (Wildman–Crippen MR) is 119 cm³/mol. The molecule has 9 heteroatoms. The fourth-order valence-electron chi connectivity index (χ4n) is 4.78. The SMILES string of the molecule is C[C@@H]1Cc2ncnc(N3CC[C@H](S(C)(=O)=O)C3)c2CN1c1cc(Cl)nc2c1C=CC2. The summed E-state index contributed by atoms with van der Waals surface area (Å²) >= 11 is 6.33. The van der Waals surface area contributed by atoms with E-state index in [1.54, 1.807) is 6.33 Å². The van der Waals surface area contributed by atoms with Gasteiger partial charge in [-0.15, -0.1) is 0 Å². The summed E-state index contributed by atoms with van der Waals surface area (Å²) < 4.78 is 24.1. The molecule has 3 aliphatic rings. The second-order valence-corrected chi connectivity index (χ2v) is 11.1. The number of hydrogen-bond acceptors (Lipinski definition) is 7. The molecule has 0 bridgehead atoms. The molecule has 1 fully saturated rings. The molecule has 1 saturated heterocycles. The molecule has 2 aliphatic heterocycles. The standard InChI is InChI=1S/C21H24ClN5O2S/c1-13-8-18-16(11-27(13)19-9-20(22)25-17-5-3-4-15(17)19)21(24-12-23-18)26-7-6-14(10-26)30(2,28)29/h3-4,9,12-14H,5-8,10-11H2,1-2H3/t13-,14+/m1/s1. The average molecular weight is 446 g/mol. The normalized spacial score (nSPS) is 23.0. The number of fused-ring (bicyclic) bond motifs is 2. The third kappa shape index (κ3) is 3.36. The van der Waals surface area contributed by atoms with Gasteiger partial charge in [-0.3, -0.25) is 0 Å². The number of sulfone groups is 1. The van der Waals surface area contributed by atoms with Gasteiger partial charge < -0.3 is 9.80 Å². The van der Waals surface area contributed by atoms with E-state index in [0.717, 1.165) is 46.9 Å². The molecule has 158 valence electrons. The van der Waals surface area contributed by atoms with Gasteiger partial charge in [0, 0.05) is 61.6 Å². The molecule has 0 radical (unpaired) electrons. The average Bonchev–Trinajstić information content (AvgIpc) is 3.35. The Morgan fingerprint density at radius 2 is 2.07 bits per heavy atom. The van der Waals surface area contributed by atoms with Gasteiger partial charge in [0.1, 0.15) is 17.3 Å². The van der Waals surface area contributed by atoms with Crippen LogP contribution in [0.5, 0.6) is 0 Å². The predicted octanol–water partition coefficient (Wildman–Crippen LogP) is 2.67. The minimum Gasteiger partial charge on any atom is -0.363 e. The highest BCUT2D eigenvalue weighted by molar-refractivity contribution is 7.91. The molecule has 0 spiro atoms. The Hall–Kier alpha value is -2.19. The number of anilines is 2. The first-order valence-electron chi connectivity index (χ1n) is 10.2. The highest BCUT2D eigenvalue weighted by atomic mass is 35.5. The Morgan fingerprint density at radius 3 is 2.83 bits per heavy atom.